The predicted molar refractivity (Wildman–Crippen MR) is 117 cm³/mol. The van der Waals surface area contributed by atoms with Gasteiger partial charge >= 0.3 is 0 Å². The van der Waals surface area contributed by atoms with Gasteiger partial charge in [0, 0.05) is 10.8 Å². The van der Waals surface area contributed by atoms with E-state index in [0.29, 0.717) is 23.3 Å². The molecule has 5 aliphatic rings. The molecule has 4 saturated carbocycles. The molecule has 1 N–H and O–H groups in total. The van der Waals surface area contributed by atoms with Gasteiger partial charge in [0.1, 0.15) is 10.8 Å². The molecule has 5 nitrogen and oxygen atoms in total. The molecule has 6 heteroatoms. The number of hydrogen-bond donors (Lipinski definition) is 1. The Bertz CT molecular complexity index is 1270. The lowest BCUT2D eigenvalue weighted by atomic mass is 9.49. The van der Waals surface area contributed by atoms with E-state index in [2.05, 4.69) is 10.4 Å². The lowest BCUT2D eigenvalue weighted by molar-refractivity contribution is -0.00694. The van der Waals surface area contributed by atoms with Gasteiger partial charge in [-0.25, -0.2) is 4.98 Å². The van der Waals surface area contributed by atoms with E-state index in [1.807, 2.05) is 22.8 Å². The molecule has 0 unspecified atom stereocenters. The molecule has 3 heterocycles. The molecular weight excluding hydrogens is 394 g/mol. The summed E-state index contributed by atoms with van der Waals surface area (Å²) in [6.07, 6.45) is 8.05. The number of hydrogen-bond acceptors (Lipinski definition) is 5. The molecule has 2 aromatic heterocycles. The first kappa shape index (κ1) is 17.2. The molecule has 4 bridgehead atoms. The molecule has 30 heavy (non-hydrogen) atoms. The molecule has 8 rings (SSSR count). The van der Waals surface area contributed by atoms with E-state index < -0.39 is 0 Å². The fourth-order valence-corrected chi connectivity index (χ4v) is 8.21. The summed E-state index contributed by atoms with van der Waals surface area (Å²) in [5.74, 6) is 3.40. The van der Waals surface area contributed by atoms with Gasteiger partial charge in [0.05, 0.1) is 28.7 Å². The highest BCUT2D eigenvalue weighted by Gasteiger charge is 2.52. The minimum Gasteiger partial charge on any atom is -0.510 e. The molecule has 4 fully saturated rings. The summed E-state index contributed by atoms with van der Waals surface area (Å²) in [7, 11) is 0. The molecule has 0 atom stereocenters. The maximum Gasteiger partial charge on any atom is 0.281 e. The number of aromatic nitrogens is 3. The van der Waals surface area contributed by atoms with Crippen LogP contribution in [0.3, 0.4) is 0 Å². The number of aliphatic hydroxyl groups excluding tert-OH is 1. The molecule has 0 amide bonds. The van der Waals surface area contributed by atoms with Gasteiger partial charge in [-0.2, -0.15) is 4.98 Å². The van der Waals surface area contributed by atoms with Crippen LogP contribution < -0.4 is 5.56 Å². The third-order valence-corrected chi connectivity index (χ3v) is 8.87. The molecule has 3 aromatic rings. The number of fused-ring (bicyclic) bond motifs is 3. The van der Waals surface area contributed by atoms with Gasteiger partial charge in [-0.3, -0.25) is 4.79 Å². The number of para-hydroxylation sites is 1. The second kappa shape index (κ2) is 5.82. The van der Waals surface area contributed by atoms with Crippen molar-refractivity contribution in [3.8, 4) is 0 Å². The molecule has 4 aliphatic carbocycles. The standard InChI is InChI=1S/C24H23N3O2S/c28-18-11-27-17-4-2-1-3-16(17)22(29)26-21(27)20(18)23-25-19(12-30-23)24-8-13-5-14(9-24)7-15(6-13)10-24/h1-4,12-15,28H,5-11H2. The average Bonchev–Trinajstić information content (AvgIpc) is 3.32. The zero-order valence-corrected chi connectivity index (χ0v) is 17.5. The van der Waals surface area contributed by atoms with E-state index in [9.17, 15) is 9.90 Å². The monoisotopic (exact) mass is 417 g/mol. The molecule has 0 saturated heterocycles. The van der Waals surface area contributed by atoms with Crippen LogP contribution in [-0.2, 0) is 12.0 Å². The third-order valence-electron chi connectivity index (χ3n) is 8.01. The van der Waals surface area contributed by atoms with E-state index in [-0.39, 0.29) is 16.7 Å². The zero-order chi connectivity index (χ0) is 20.0. The summed E-state index contributed by atoms with van der Waals surface area (Å²) in [4.78, 5) is 22.0. The van der Waals surface area contributed by atoms with Crippen LogP contribution >= 0.6 is 11.3 Å². The lowest BCUT2D eigenvalue weighted by Crippen LogP contribution is -2.48. The smallest absolute Gasteiger partial charge is 0.281 e. The molecule has 1 aromatic carbocycles. The minimum atomic E-state index is -0.248. The van der Waals surface area contributed by atoms with Gasteiger partial charge in [-0.05, 0) is 68.4 Å². The summed E-state index contributed by atoms with van der Waals surface area (Å²) in [6, 6.07) is 7.47. The van der Waals surface area contributed by atoms with E-state index in [0.717, 1.165) is 28.3 Å². The van der Waals surface area contributed by atoms with E-state index in [4.69, 9.17) is 4.98 Å². The molecule has 152 valence electrons. The van der Waals surface area contributed by atoms with Crippen LogP contribution in [0.1, 0.15) is 55.1 Å². The van der Waals surface area contributed by atoms with Gasteiger partial charge in [-0.1, -0.05) is 12.1 Å². The molecule has 1 aliphatic heterocycles. The Morgan fingerprint density at radius 2 is 1.73 bits per heavy atom. The van der Waals surface area contributed by atoms with Crippen molar-refractivity contribution in [2.75, 3.05) is 0 Å². The Labute approximate surface area is 178 Å². The number of thiazole rings is 1. The summed E-state index contributed by atoms with van der Waals surface area (Å²) >= 11 is 1.59. The Morgan fingerprint density at radius 1 is 1.03 bits per heavy atom. The number of allylic oxidation sites excluding steroid dienone is 1. The Kier molecular flexibility index (Phi) is 3.34. The second-order valence-corrected chi connectivity index (χ2v) is 10.8. The van der Waals surface area contributed by atoms with Gasteiger partial charge < -0.3 is 9.67 Å². The summed E-state index contributed by atoms with van der Waals surface area (Å²) < 4.78 is 1.94. The Balaban J connectivity index is 1.33. The van der Waals surface area contributed by atoms with Gasteiger partial charge in [0.25, 0.3) is 5.56 Å². The van der Waals surface area contributed by atoms with Crippen molar-refractivity contribution in [2.24, 2.45) is 17.8 Å². The van der Waals surface area contributed by atoms with E-state index >= 15 is 0 Å². The van der Waals surface area contributed by atoms with Crippen LogP contribution in [0.2, 0.25) is 0 Å². The number of benzene rings is 1. The third kappa shape index (κ3) is 2.26. The summed E-state index contributed by atoms with van der Waals surface area (Å²) in [5.41, 5.74) is 2.64. The van der Waals surface area contributed by atoms with Crippen molar-refractivity contribution in [3.63, 3.8) is 0 Å². The molecule has 0 radical (unpaired) electrons. The van der Waals surface area contributed by atoms with Crippen molar-refractivity contribution in [1.82, 2.24) is 14.5 Å². The lowest BCUT2D eigenvalue weighted by Gasteiger charge is -2.56. The van der Waals surface area contributed by atoms with Gasteiger partial charge in [-0.15, -0.1) is 11.3 Å². The first-order valence-corrected chi connectivity index (χ1v) is 11.9. The van der Waals surface area contributed by atoms with Crippen molar-refractivity contribution < 1.29 is 5.11 Å². The summed E-state index contributed by atoms with van der Waals surface area (Å²) in [5, 5.41) is 14.4. The minimum absolute atomic E-state index is 0.231. The average molecular weight is 418 g/mol. The van der Waals surface area contributed by atoms with Crippen LogP contribution in [-0.4, -0.2) is 19.6 Å². The first-order valence-electron chi connectivity index (χ1n) is 11.0. The maximum absolute atomic E-state index is 12.6. The maximum atomic E-state index is 12.6. The highest BCUT2D eigenvalue weighted by Crippen LogP contribution is 2.60. The Morgan fingerprint density at radius 3 is 2.47 bits per heavy atom. The Hall–Kier alpha value is -2.47. The van der Waals surface area contributed by atoms with Crippen molar-refractivity contribution in [2.45, 2.75) is 50.5 Å². The van der Waals surface area contributed by atoms with Crippen LogP contribution in [0.4, 0.5) is 0 Å². The zero-order valence-electron chi connectivity index (χ0n) is 16.7. The fraction of sp³-hybridized carbons (Fsp3) is 0.458. The number of aliphatic hydroxyl groups is 1. The first-order chi connectivity index (χ1) is 14.6. The van der Waals surface area contributed by atoms with Crippen molar-refractivity contribution >= 4 is 27.8 Å². The van der Waals surface area contributed by atoms with Gasteiger partial charge in [0.15, 0.2) is 5.82 Å². The van der Waals surface area contributed by atoms with Gasteiger partial charge in [0.2, 0.25) is 0 Å². The quantitative estimate of drug-likeness (QED) is 0.659. The SMILES string of the molecule is O=c1nc2n(c3ccccc13)CC(O)=C2c1nc(C23CC4CC(CC(C4)C2)C3)cs1. The normalized spacial score (nSPS) is 31.7. The van der Waals surface area contributed by atoms with E-state index in [1.54, 1.807) is 17.4 Å². The van der Waals surface area contributed by atoms with E-state index in [1.165, 1.54) is 44.2 Å². The number of nitrogens with zero attached hydrogens (tertiary/aromatic N) is 3. The largest absolute Gasteiger partial charge is 0.510 e. The highest BCUT2D eigenvalue weighted by atomic mass is 32.1. The van der Waals surface area contributed by atoms with Crippen LogP contribution in [0.25, 0.3) is 16.5 Å². The van der Waals surface area contributed by atoms with Crippen LogP contribution in [0, 0.1) is 17.8 Å². The van der Waals surface area contributed by atoms with Crippen molar-refractivity contribution in [1.29, 1.82) is 0 Å². The second-order valence-electron chi connectivity index (χ2n) is 9.90. The summed E-state index contributed by atoms with van der Waals surface area (Å²) in [6.45, 7) is 0.338. The fourth-order valence-electron chi connectivity index (χ4n) is 7.21. The van der Waals surface area contributed by atoms with Crippen LogP contribution in [0.15, 0.2) is 40.2 Å². The predicted octanol–water partition coefficient (Wildman–Crippen LogP) is 4.65. The molecular formula is C24H23N3O2S. The topological polar surface area (TPSA) is 68.0 Å². The van der Waals surface area contributed by atoms with Crippen LogP contribution in [0.5, 0.6) is 0 Å². The van der Waals surface area contributed by atoms with Crippen molar-refractivity contribution in [3.05, 3.63) is 62.3 Å². The number of rotatable bonds is 2. The molecule has 0 spiro atoms. The highest BCUT2D eigenvalue weighted by molar-refractivity contribution is 7.10.